The highest BCUT2D eigenvalue weighted by molar-refractivity contribution is 7.11. The van der Waals surface area contributed by atoms with Gasteiger partial charge in [-0.25, -0.2) is 0 Å². The standard InChI is InChI=1S/C14H15N3OS/c1-2-4-12-10(3-1)11(8-18-12)14-17-16-13(19-14)7-15-9-5-6-9/h1-4,9,11,15H,5-8H2. The maximum absolute atomic E-state index is 5.71. The van der Waals surface area contributed by atoms with Gasteiger partial charge in [-0.1, -0.05) is 29.5 Å². The van der Waals surface area contributed by atoms with Crippen molar-refractivity contribution in [2.24, 2.45) is 0 Å². The van der Waals surface area contributed by atoms with Crippen molar-refractivity contribution in [3.63, 3.8) is 0 Å². The third kappa shape index (κ3) is 2.24. The van der Waals surface area contributed by atoms with Crippen LogP contribution in [0.2, 0.25) is 0 Å². The summed E-state index contributed by atoms with van der Waals surface area (Å²) in [7, 11) is 0. The van der Waals surface area contributed by atoms with Crippen molar-refractivity contribution >= 4 is 11.3 Å². The van der Waals surface area contributed by atoms with Crippen molar-refractivity contribution < 1.29 is 4.74 Å². The summed E-state index contributed by atoms with van der Waals surface area (Å²) >= 11 is 1.70. The number of hydrogen-bond donors (Lipinski definition) is 1. The maximum Gasteiger partial charge on any atom is 0.131 e. The molecule has 2 heterocycles. The molecule has 0 radical (unpaired) electrons. The second kappa shape index (κ2) is 4.58. The molecule has 4 nitrogen and oxygen atoms in total. The summed E-state index contributed by atoms with van der Waals surface area (Å²) in [5.41, 5.74) is 1.24. The van der Waals surface area contributed by atoms with E-state index >= 15 is 0 Å². The third-order valence-electron chi connectivity index (χ3n) is 3.60. The fourth-order valence-corrected chi connectivity index (χ4v) is 3.26. The molecule has 5 heteroatoms. The number of hydrogen-bond acceptors (Lipinski definition) is 5. The number of nitrogens with one attached hydrogen (secondary N) is 1. The fourth-order valence-electron chi connectivity index (χ4n) is 2.37. The quantitative estimate of drug-likeness (QED) is 0.928. The maximum atomic E-state index is 5.71. The number of benzene rings is 1. The van der Waals surface area contributed by atoms with Crippen LogP contribution in [0.1, 0.15) is 34.3 Å². The zero-order valence-electron chi connectivity index (χ0n) is 10.5. The average molecular weight is 273 g/mol. The van der Waals surface area contributed by atoms with Gasteiger partial charge in [0.05, 0.1) is 5.92 Å². The molecule has 0 saturated heterocycles. The summed E-state index contributed by atoms with van der Waals surface area (Å²) in [4.78, 5) is 0. The van der Waals surface area contributed by atoms with Crippen molar-refractivity contribution in [2.75, 3.05) is 6.61 Å². The minimum absolute atomic E-state index is 0.253. The van der Waals surface area contributed by atoms with E-state index in [0.717, 1.165) is 22.3 Å². The summed E-state index contributed by atoms with van der Waals surface area (Å²) in [6.07, 6.45) is 2.60. The van der Waals surface area contributed by atoms with Gasteiger partial charge >= 0.3 is 0 Å². The first-order valence-electron chi connectivity index (χ1n) is 6.67. The van der Waals surface area contributed by atoms with E-state index in [-0.39, 0.29) is 5.92 Å². The summed E-state index contributed by atoms with van der Waals surface area (Å²) in [5, 5.41) is 14.2. The summed E-state index contributed by atoms with van der Waals surface area (Å²) < 4.78 is 5.71. The Bertz CT molecular complexity index is 594. The Kier molecular flexibility index (Phi) is 2.74. The van der Waals surface area contributed by atoms with Gasteiger partial charge < -0.3 is 10.1 Å². The Balaban J connectivity index is 1.53. The highest BCUT2D eigenvalue weighted by Crippen LogP contribution is 2.38. The summed E-state index contributed by atoms with van der Waals surface area (Å²) in [6, 6.07) is 8.91. The molecule has 4 rings (SSSR count). The molecule has 1 fully saturated rings. The van der Waals surface area contributed by atoms with Crippen LogP contribution in [0.3, 0.4) is 0 Å². The molecule has 2 aromatic rings. The fraction of sp³-hybridized carbons (Fsp3) is 0.429. The van der Waals surface area contributed by atoms with Crippen molar-refractivity contribution in [1.82, 2.24) is 15.5 Å². The van der Waals surface area contributed by atoms with Gasteiger partial charge in [-0.15, -0.1) is 10.2 Å². The number of ether oxygens (including phenoxy) is 1. The minimum atomic E-state index is 0.253. The number of rotatable bonds is 4. The molecule has 1 unspecified atom stereocenters. The third-order valence-corrected chi connectivity index (χ3v) is 4.64. The number of nitrogens with zero attached hydrogens (tertiary/aromatic N) is 2. The van der Waals surface area contributed by atoms with Crippen LogP contribution in [-0.2, 0) is 6.54 Å². The van der Waals surface area contributed by atoms with Crippen molar-refractivity contribution in [3.8, 4) is 5.75 Å². The molecule has 19 heavy (non-hydrogen) atoms. The topological polar surface area (TPSA) is 47.0 Å². The molecule has 1 aliphatic carbocycles. The zero-order valence-corrected chi connectivity index (χ0v) is 11.3. The van der Waals surface area contributed by atoms with Crippen molar-refractivity contribution in [3.05, 3.63) is 39.8 Å². The molecule has 0 amide bonds. The van der Waals surface area contributed by atoms with E-state index in [2.05, 4.69) is 27.6 Å². The number of aromatic nitrogens is 2. The lowest BCUT2D eigenvalue weighted by atomic mass is 10.0. The van der Waals surface area contributed by atoms with Crippen LogP contribution >= 0.6 is 11.3 Å². The smallest absolute Gasteiger partial charge is 0.131 e. The van der Waals surface area contributed by atoms with E-state index in [4.69, 9.17) is 4.74 Å². The molecule has 1 N–H and O–H groups in total. The lowest BCUT2D eigenvalue weighted by Gasteiger charge is -2.02. The van der Waals surface area contributed by atoms with E-state index in [1.54, 1.807) is 11.3 Å². The summed E-state index contributed by atoms with van der Waals surface area (Å²) in [6.45, 7) is 1.53. The summed E-state index contributed by atoms with van der Waals surface area (Å²) in [5.74, 6) is 1.24. The zero-order chi connectivity index (χ0) is 12.7. The molecule has 1 atom stereocenters. The van der Waals surface area contributed by atoms with Crippen LogP contribution in [0.15, 0.2) is 24.3 Å². The molecule has 1 aromatic heterocycles. The molecule has 0 spiro atoms. The van der Waals surface area contributed by atoms with Crippen LogP contribution in [0, 0.1) is 0 Å². The molecular formula is C14H15N3OS. The van der Waals surface area contributed by atoms with Crippen molar-refractivity contribution in [2.45, 2.75) is 31.3 Å². The Hall–Kier alpha value is -1.46. The number of fused-ring (bicyclic) bond motifs is 1. The van der Waals surface area contributed by atoms with Gasteiger partial charge in [0, 0.05) is 18.2 Å². The Morgan fingerprint density at radius 3 is 3.05 bits per heavy atom. The van der Waals surface area contributed by atoms with Crippen LogP contribution in [-0.4, -0.2) is 22.8 Å². The SMILES string of the molecule is c1ccc2c(c1)OCC2c1nnc(CNC2CC2)s1. The van der Waals surface area contributed by atoms with Gasteiger partial charge in [0.1, 0.15) is 22.4 Å². The molecule has 0 bridgehead atoms. The van der Waals surface area contributed by atoms with Gasteiger partial charge in [-0.05, 0) is 18.9 Å². The average Bonchev–Trinajstić information content (AvgIpc) is 3.00. The van der Waals surface area contributed by atoms with Crippen LogP contribution < -0.4 is 10.1 Å². The molecule has 1 aliphatic heterocycles. The Morgan fingerprint density at radius 1 is 1.26 bits per heavy atom. The van der Waals surface area contributed by atoms with E-state index in [9.17, 15) is 0 Å². The predicted molar refractivity (Wildman–Crippen MR) is 73.6 cm³/mol. The normalized spacial score (nSPS) is 21.2. The Morgan fingerprint density at radius 2 is 2.16 bits per heavy atom. The van der Waals surface area contributed by atoms with Crippen LogP contribution in [0.5, 0.6) is 5.75 Å². The first kappa shape index (κ1) is 11.4. The van der Waals surface area contributed by atoms with E-state index < -0.39 is 0 Å². The predicted octanol–water partition coefficient (Wildman–Crippen LogP) is 2.31. The highest BCUT2D eigenvalue weighted by atomic mass is 32.1. The minimum Gasteiger partial charge on any atom is -0.492 e. The van der Waals surface area contributed by atoms with E-state index in [1.807, 2.05) is 12.1 Å². The molecule has 1 aromatic carbocycles. The van der Waals surface area contributed by atoms with E-state index in [1.165, 1.54) is 18.4 Å². The van der Waals surface area contributed by atoms with Gasteiger partial charge in [-0.3, -0.25) is 0 Å². The van der Waals surface area contributed by atoms with Gasteiger partial charge in [0.2, 0.25) is 0 Å². The lowest BCUT2D eigenvalue weighted by molar-refractivity contribution is 0.342. The lowest BCUT2D eigenvalue weighted by Crippen LogP contribution is -2.14. The van der Waals surface area contributed by atoms with Gasteiger partial charge in [0.25, 0.3) is 0 Å². The van der Waals surface area contributed by atoms with Gasteiger partial charge in [0.15, 0.2) is 0 Å². The Labute approximate surface area is 115 Å². The molecule has 2 aliphatic rings. The largest absolute Gasteiger partial charge is 0.492 e. The molecular weight excluding hydrogens is 258 g/mol. The van der Waals surface area contributed by atoms with Crippen molar-refractivity contribution in [1.29, 1.82) is 0 Å². The molecule has 1 saturated carbocycles. The first-order chi connectivity index (χ1) is 9.40. The molecule has 98 valence electrons. The van der Waals surface area contributed by atoms with E-state index in [0.29, 0.717) is 12.6 Å². The highest BCUT2D eigenvalue weighted by Gasteiger charge is 2.28. The first-order valence-corrected chi connectivity index (χ1v) is 7.49. The monoisotopic (exact) mass is 273 g/mol. The van der Waals surface area contributed by atoms with Crippen LogP contribution in [0.4, 0.5) is 0 Å². The second-order valence-electron chi connectivity index (χ2n) is 5.09. The number of para-hydroxylation sites is 1. The van der Waals surface area contributed by atoms with Gasteiger partial charge in [-0.2, -0.15) is 0 Å². The van der Waals surface area contributed by atoms with Crippen LogP contribution in [0.25, 0.3) is 0 Å². The second-order valence-corrected chi connectivity index (χ2v) is 6.18.